The van der Waals surface area contributed by atoms with Gasteiger partial charge in [-0.2, -0.15) is 15.3 Å². The Morgan fingerprint density at radius 1 is 1.33 bits per heavy atom. The molecule has 0 aromatic carbocycles. The number of H-pyrrole nitrogens is 1. The zero-order chi connectivity index (χ0) is 10.8. The molecule has 0 spiro atoms. The van der Waals surface area contributed by atoms with Crippen LogP contribution in [0.4, 0.5) is 5.82 Å². The van der Waals surface area contributed by atoms with Crippen molar-refractivity contribution < 1.29 is 0 Å². The fourth-order valence-electron chi connectivity index (χ4n) is 1.61. The molecule has 0 unspecified atom stereocenters. The van der Waals surface area contributed by atoms with Crippen LogP contribution < -0.4 is 5.73 Å². The molecule has 0 radical (unpaired) electrons. The van der Waals surface area contributed by atoms with Gasteiger partial charge in [0.05, 0.1) is 18.1 Å². The van der Waals surface area contributed by atoms with E-state index in [2.05, 4.69) is 34.2 Å². The van der Waals surface area contributed by atoms with Gasteiger partial charge < -0.3 is 5.73 Å². The van der Waals surface area contributed by atoms with Gasteiger partial charge in [-0.1, -0.05) is 13.8 Å². The lowest BCUT2D eigenvalue weighted by Crippen LogP contribution is -1.95. The third-order valence-corrected chi connectivity index (χ3v) is 2.28. The molecule has 0 fully saturated rings. The lowest BCUT2D eigenvalue weighted by atomic mass is 10.00. The summed E-state index contributed by atoms with van der Waals surface area (Å²) in [5.74, 6) is 0.878. The number of hydrogen-bond acceptors (Lipinski definition) is 4. The minimum Gasteiger partial charge on any atom is -0.382 e. The topological polar surface area (TPSA) is 80.5 Å². The lowest BCUT2D eigenvalue weighted by molar-refractivity contribution is 0.872. The smallest absolute Gasteiger partial charge is 0.149 e. The summed E-state index contributed by atoms with van der Waals surface area (Å²) in [6.45, 7) is 4.17. The van der Waals surface area contributed by atoms with Gasteiger partial charge in [0.1, 0.15) is 5.82 Å². The number of nitrogens with one attached hydrogen (secondary N) is 1. The van der Waals surface area contributed by atoms with Crippen molar-refractivity contribution in [1.29, 1.82) is 0 Å². The maximum Gasteiger partial charge on any atom is 0.149 e. The van der Waals surface area contributed by atoms with Crippen LogP contribution in [0.25, 0.3) is 11.3 Å². The molecule has 0 aliphatic heterocycles. The molecule has 0 atom stereocenters. The Morgan fingerprint density at radius 3 is 2.73 bits per heavy atom. The Balaban J connectivity index is 2.54. The molecule has 5 heteroatoms. The number of nitrogens with two attached hydrogens (primary N) is 1. The SMILES string of the molecule is CC(C)c1c(N)n[nH]c1-c1ccnnc1. The van der Waals surface area contributed by atoms with E-state index in [1.54, 1.807) is 12.4 Å². The van der Waals surface area contributed by atoms with Crippen molar-refractivity contribution in [2.24, 2.45) is 0 Å². The van der Waals surface area contributed by atoms with Gasteiger partial charge in [-0.3, -0.25) is 5.10 Å². The van der Waals surface area contributed by atoms with Gasteiger partial charge in [0.2, 0.25) is 0 Å². The second-order valence-corrected chi connectivity index (χ2v) is 3.68. The van der Waals surface area contributed by atoms with Crippen LogP contribution in [-0.2, 0) is 0 Å². The van der Waals surface area contributed by atoms with Crippen LogP contribution in [-0.4, -0.2) is 20.4 Å². The van der Waals surface area contributed by atoms with Crippen LogP contribution in [0.5, 0.6) is 0 Å². The van der Waals surface area contributed by atoms with Crippen LogP contribution in [0, 0.1) is 0 Å². The van der Waals surface area contributed by atoms with Gasteiger partial charge in [-0.05, 0) is 12.0 Å². The molecule has 2 aromatic rings. The number of rotatable bonds is 2. The van der Waals surface area contributed by atoms with Crippen LogP contribution in [0.15, 0.2) is 18.5 Å². The highest BCUT2D eigenvalue weighted by atomic mass is 15.2. The van der Waals surface area contributed by atoms with E-state index in [1.165, 1.54) is 0 Å². The van der Waals surface area contributed by atoms with E-state index in [0.717, 1.165) is 16.8 Å². The Labute approximate surface area is 87.7 Å². The number of aromatic nitrogens is 4. The number of nitrogens with zero attached hydrogens (tertiary/aromatic N) is 3. The summed E-state index contributed by atoms with van der Waals surface area (Å²) in [4.78, 5) is 0. The molecule has 0 aliphatic carbocycles. The summed E-state index contributed by atoms with van der Waals surface area (Å²) in [7, 11) is 0. The molecule has 15 heavy (non-hydrogen) atoms. The fourth-order valence-corrected chi connectivity index (χ4v) is 1.61. The molecule has 0 amide bonds. The van der Waals surface area contributed by atoms with Crippen LogP contribution in [0.1, 0.15) is 25.3 Å². The van der Waals surface area contributed by atoms with E-state index >= 15 is 0 Å². The van der Waals surface area contributed by atoms with Crippen LogP contribution in [0.3, 0.4) is 0 Å². The summed E-state index contributed by atoms with van der Waals surface area (Å²) in [6, 6.07) is 1.88. The maximum atomic E-state index is 5.80. The van der Waals surface area contributed by atoms with Crippen molar-refractivity contribution in [3.8, 4) is 11.3 Å². The molecule has 3 N–H and O–H groups in total. The number of hydrogen-bond donors (Lipinski definition) is 2. The zero-order valence-electron chi connectivity index (χ0n) is 8.73. The second kappa shape index (κ2) is 3.68. The summed E-state index contributed by atoms with van der Waals surface area (Å²) >= 11 is 0. The molecule has 0 aliphatic rings. The highest BCUT2D eigenvalue weighted by Gasteiger charge is 2.15. The predicted octanol–water partition coefficient (Wildman–Crippen LogP) is 1.57. The molecule has 0 saturated carbocycles. The first kappa shape index (κ1) is 9.64. The van der Waals surface area contributed by atoms with Crippen molar-refractivity contribution in [1.82, 2.24) is 20.4 Å². The minimum absolute atomic E-state index is 0.326. The Hall–Kier alpha value is -1.91. The van der Waals surface area contributed by atoms with Crippen molar-refractivity contribution in [2.45, 2.75) is 19.8 Å². The van der Waals surface area contributed by atoms with Gasteiger partial charge in [0, 0.05) is 11.1 Å². The van der Waals surface area contributed by atoms with Gasteiger partial charge >= 0.3 is 0 Å². The average molecular weight is 203 g/mol. The van der Waals surface area contributed by atoms with E-state index in [4.69, 9.17) is 5.73 Å². The third kappa shape index (κ3) is 1.68. The first-order valence-electron chi connectivity index (χ1n) is 4.81. The Bertz CT molecular complexity index is 446. The van der Waals surface area contributed by atoms with E-state index in [9.17, 15) is 0 Å². The molecule has 0 bridgehead atoms. The summed E-state index contributed by atoms with van der Waals surface area (Å²) in [5.41, 5.74) is 8.72. The molecule has 2 aromatic heterocycles. The largest absolute Gasteiger partial charge is 0.382 e. The number of aromatic amines is 1. The quantitative estimate of drug-likeness (QED) is 0.776. The van der Waals surface area contributed by atoms with Gasteiger partial charge in [0.15, 0.2) is 0 Å². The van der Waals surface area contributed by atoms with Crippen molar-refractivity contribution >= 4 is 5.82 Å². The van der Waals surface area contributed by atoms with Gasteiger partial charge in [-0.25, -0.2) is 0 Å². The van der Waals surface area contributed by atoms with E-state index in [-0.39, 0.29) is 0 Å². The normalized spacial score (nSPS) is 10.9. The fraction of sp³-hybridized carbons (Fsp3) is 0.300. The molecule has 78 valence electrons. The lowest BCUT2D eigenvalue weighted by Gasteiger charge is -2.06. The third-order valence-electron chi connectivity index (χ3n) is 2.28. The minimum atomic E-state index is 0.326. The predicted molar refractivity (Wildman–Crippen MR) is 58.1 cm³/mol. The standard InChI is InChI=1S/C10H13N5/c1-6(2)8-9(14-15-10(8)11)7-3-4-12-13-5-7/h3-6H,1-2H3,(H3,11,14,15). The molecule has 5 nitrogen and oxygen atoms in total. The highest BCUT2D eigenvalue weighted by Crippen LogP contribution is 2.30. The highest BCUT2D eigenvalue weighted by molar-refractivity contribution is 5.67. The molecular formula is C10H13N5. The van der Waals surface area contributed by atoms with E-state index in [0.29, 0.717) is 11.7 Å². The molecule has 2 heterocycles. The van der Waals surface area contributed by atoms with Crippen LogP contribution in [0.2, 0.25) is 0 Å². The van der Waals surface area contributed by atoms with Crippen molar-refractivity contribution in [3.05, 3.63) is 24.0 Å². The molecule has 0 saturated heterocycles. The number of anilines is 1. The monoisotopic (exact) mass is 203 g/mol. The summed E-state index contributed by atoms with van der Waals surface area (Å²) in [6.07, 6.45) is 3.34. The van der Waals surface area contributed by atoms with Crippen molar-refractivity contribution in [3.63, 3.8) is 0 Å². The van der Waals surface area contributed by atoms with Crippen molar-refractivity contribution in [2.75, 3.05) is 5.73 Å². The zero-order valence-corrected chi connectivity index (χ0v) is 8.73. The Morgan fingerprint density at radius 2 is 2.13 bits per heavy atom. The van der Waals surface area contributed by atoms with Crippen LogP contribution >= 0.6 is 0 Å². The van der Waals surface area contributed by atoms with Gasteiger partial charge in [0.25, 0.3) is 0 Å². The second-order valence-electron chi connectivity index (χ2n) is 3.68. The number of nitrogen functional groups attached to an aromatic ring is 1. The molecular weight excluding hydrogens is 190 g/mol. The summed E-state index contributed by atoms with van der Waals surface area (Å²) in [5, 5.41) is 14.5. The van der Waals surface area contributed by atoms with E-state index < -0.39 is 0 Å². The first-order valence-corrected chi connectivity index (χ1v) is 4.81. The average Bonchev–Trinajstić information content (AvgIpc) is 2.61. The summed E-state index contributed by atoms with van der Waals surface area (Å²) < 4.78 is 0. The van der Waals surface area contributed by atoms with E-state index in [1.807, 2.05) is 6.07 Å². The molecule has 2 rings (SSSR count). The maximum absolute atomic E-state index is 5.80. The first-order chi connectivity index (χ1) is 7.20. The Kier molecular flexibility index (Phi) is 2.37. The van der Waals surface area contributed by atoms with Gasteiger partial charge in [-0.15, -0.1) is 0 Å².